The number of aliphatic imine (C=N–C) groups is 1. The fourth-order valence-electron chi connectivity index (χ4n) is 3.84. The van der Waals surface area contributed by atoms with Crippen molar-refractivity contribution in [2.24, 2.45) is 4.99 Å². The Morgan fingerprint density at radius 2 is 1.87 bits per heavy atom. The third-order valence-corrected chi connectivity index (χ3v) is 8.51. The van der Waals surface area contributed by atoms with E-state index in [0.29, 0.717) is 12.4 Å². The fraction of sp³-hybridized carbons (Fsp3) is 0.545. The number of aromatic amines is 1. The van der Waals surface area contributed by atoms with Gasteiger partial charge in [-0.25, -0.2) is 8.42 Å². The van der Waals surface area contributed by atoms with Gasteiger partial charge in [0.15, 0.2) is 15.7 Å². The maximum Gasteiger partial charge on any atom is 0.186 e. The van der Waals surface area contributed by atoms with Crippen molar-refractivity contribution in [2.75, 3.05) is 24.7 Å². The van der Waals surface area contributed by atoms with E-state index in [9.17, 15) is 8.42 Å². The van der Waals surface area contributed by atoms with Crippen molar-refractivity contribution in [3.63, 3.8) is 0 Å². The molecule has 3 heterocycles. The van der Waals surface area contributed by atoms with Crippen LogP contribution in [0.25, 0.3) is 0 Å². The van der Waals surface area contributed by atoms with Gasteiger partial charge in [0.2, 0.25) is 0 Å². The van der Waals surface area contributed by atoms with Gasteiger partial charge in [0, 0.05) is 29.1 Å². The monoisotopic (exact) mass is 445 g/mol. The van der Waals surface area contributed by atoms with Crippen molar-refractivity contribution >= 4 is 27.6 Å². The standard InChI is InChI=1S/C22H31N5O3S/c1-14-15(2)25-26-21(14)27-13-24-12-16-10-20(31(28,29)22(3,4)5)19(11-18(16)27)30-17-6-8-23-9-7-17/h10-12,17,23H,6-9,13H2,1-5H3,(H,25,26). The highest BCUT2D eigenvalue weighted by Gasteiger charge is 2.36. The Balaban J connectivity index is 1.85. The van der Waals surface area contributed by atoms with Crippen LogP contribution < -0.4 is 15.0 Å². The number of nitrogens with zero attached hydrogens (tertiary/aromatic N) is 3. The predicted octanol–water partition coefficient (Wildman–Crippen LogP) is 3.26. The molecule has 8 nitrogen and oxygen atoms in total. The minimum Gasteiger partial charge on any atom is -0.489 e. The maximum absolute atomic E-state index is 13.4. The molecule has 2 aliphatic heterocycles. The van der Waals surface area contributed by atoms with Gasteiger partial charge in [0.05, 0.1) is 10.4 Å². The number of nitrogens with one attached hydrogen (secondary N) is 2. The molecule has 31 heavy (non-hydrogen) atoms. The zero-order chi connectivity index (χ0) is 22.4. The minimum atomic E-state index is -3.62. The van der Waals surface area contributed by atoms with Crippen molar-refractivity contribution in [3.8, 4) is 5.75 Å². The van der Waals surface area contributed by atoms with Crippen molar-refractivity contribution in [2.45, 2.75) is 63.2 Å². The number of H-pyrrole nitrogens is 1. The number of piperidine rings is 1. The third kappa shape index (κ3) is 3.96. The van der Waals surface area contributed by atoms with Crippen LogP contribution in [0.15, 0.2) is 22.0 Å². The van der Waals surface area contributed by atoms with E-state index in [-0.39, 0.29) is 11.0 Å². The molecule has 2 aromatic rings. The van der Waals surface area contributed by atoms with Gasteiger partial charge in [-0.2, -0.15) is 5.10 Å². The Morgan fingerprint density at radius 3 is 2.48 bits per heavy atom. The summed E-state index contributed by atoms with van der Waals surface area (Å²) in [5.41, 5.74) is 3.62. The lowest BCUT2D eigenvalue weighted by Crippen LogP contribution is -2.35. The molecule has 0 aliphatic carbocycles. The molecule has 2 N–H and O–H groups in total. The van der Waals surface area contributed by atoms with Gasteiger partial charge in [-0.05, 0) is 66.6 Å². The minimum absolute atomic E-state index is 0.0201. The Bertz CT molecular complexity index is 1110. The molecule has 0 spiro atoms. The molecule has 9 heteroatoms. The second-order valence-corrected chi connectivity index (χ2v) is 11.9. The van der Waals surface area contributed by atoms with Crippen LogP contribution in [0.1, 0.15) is 50.4 Å². The van der Waals surface area contributed by atoms with E-state index in [1.165, 1.54) is 0 Å². The van der Waals surface area contributed by atoms with Crippen LogP contribution in [0, 0.1) is 13.8 Å². The van der Waals surface area contributed by atoms with E-state index < -0.39 is 14.6 Å². The molecule has 0 bridgehead atoms. The molecular weight excluding hydrogens is 414 g/mol. The third-order valence-electron chi connectivity index (χ3n) is 6.00. The number of aromatic nitrogens is 2. The second kappa shape index (κ2) is 7.94. The van der Waals surface area contributed by atoms with Gasteiger partial charge in [-0.1, -0.05) is 0 Å². The summed E-state index contributed by atoms with van der Waals surface area (Å²) in [7, 11) is -3.62. The summed E-state index contributed by atoms with van der Waals surface area (Å²) in [6.07, 6.45) is 3.40. The average molecular weight is 446 g/mol. The van der Waals surface area contributed by atoms with Gasteiger partial charge in [0.25, 0.3) is 0 Å². The Kier molecular flexibility index (Phi) is 5.59. The van der Waals surface area contributed by atoms with Crippen molar-refractivity contribution in [1.82, 2.24) is 15.5 Å². The normalized spacial score (nSPS) is 17.6. The summed E-state index contributed by atoms with van der Waals surface area (Å²) in [4.78, 5) is 6.68. The first-order chi connectivity index (χ1) is 14.6. The molecule has 1 aromatic carbocycles. The summed E-state index contributed by atoms with van der Waals surface area (Å²) < 4.78 is 32.3. The number of hydrogen-bond acceptors (Lipinski definition) is 7. The van der Waals surface area contributed by atoms with Crippen LogP contribution >= 0.6 is 0 Å². The van der Waals surface area contributed by atoms with Crippen molar-refractivity contribution in [3.05, 3.63) is 29.0 Å². The van der Waals surface area contributed by atoms with Crippen LogP contribution in [0.5, 0.6) is 5.75 Å². The largest absolute Gasteiger partial charge is 0.489 e. The van der Waals surface area contributed by atoms with Gasteiger partial charge >= 0.3 is 0 Å². The number of anilines is 2. The Morgan fingerprint density at radius 1 is 1.16 bits per heavy atom. The number of fused-ring (bicyclic) bond motifs is 1. The number of aryl methyl sites for hydroxylation is 1. The van der Waals surface area contributed by atoms with Crippen molar-refractivity contribution in [1.29, 1.82) is 0 Å². The van der Waals surface area contributed by atoms with E-state index >= 15 is 0 Å². The summed E-state index contributed by atoms with van der Waals surface area (Å²) in [6.45, 7) is 11.3. The Labute approximate surface area is 184 Å². The highest BCUT2D eigenvalue weighted by atomic mass is 32.2. The zero-order valence-corrected chi connectivity index (χ0v) is 19.6. The summed E-state index contributed by atoms with van der Waals surface area (Å²) in [6, 6.07) is 3.56. The molecule has 1 saturated heterocycles. The molecule has 4 rings (SSSR count). The first-order valence-electron chi connectivity index (χ1n) is 10.7. The summed E-state index contributed by atoms with van der Waals surface area (Å²) in [5, 5.41) is 10.8. The van der Waals surface area contributed by atoms with Gasteiger partial charge < -0.3 is 15.0 Å². The highest BCUT2D eigenvalue weighted by Crippen LogP contribution is 2.41. The van der Waals surface area contributed by atoms with Crippen LogP contribution in [0.3, 0.4) is 0 Å². The zero-order valence-electron chi connectivity index (χ0n) is 18.8. The molecule has 0 amide bonds. The van der Waals surface area contributed by atoms with Gasteiger partial charge in [-0.15, -0.1) is 0 Å². The van der Waals surface area contributed by atoms with Gasteiger partial charge in [-0.3, -0.25) is 10.1 Å². The summed E-state index contributed by atoms with van der Waals surface area (Å²) in [5.74, 6) is 1.20. The van der Waals surface area contributed by atoms with Gasteiger partial charge in [0.1, 0.15) is 23.4 Å². The predicted molar refractivity (Wildman–Crippen MR) is 123 cm³/mol. The van der Waals surface area contributed by atoms with E-state index in [1.54, 1.807) is 33.1 Å². The number of rotatable bonds is 4. The van der Waals surface area contributed by atoms with Crippen LogP contribution in [-0.2, 0) is 9.84 Å². The maximum atomic E-state index is 13.4. The highest BCUT2D eigenvalue weighted by molar-refractivity contribution is 7.92. The van der Waals surface area contributed by atoms with E-state index in [0.717, 1.165) is 54.3 Å². The molecule has 0 radical (unpaired) electrons. The molecule has 0 unspecified atom stereocenters. The van der Waals surface area contributed by atoms with Crippen LogP contribution in [0.2, 0.25) is 0 Å². The first kappa shape index (κ1) is 21.8. The lowest BCUT2D eigenvalue weighted by Gasteiger charge is -2.31. The van der Waals surface area contributed by atoms with Crippen molar-refractivity contribution < 1.29 is 13.2 Å². The van der Waals surface area contributed by atoms with Crippen LogP contribution in [0.4, 0.5) is 11.5 Å². The van der Waals surface area contributed by atoms with Crippen LogP contribution in [-0.4, -0.2) is 55.4 Å². The molecule has 168 valence electrons. The summed E-state index contributed by atoms with van der Waals surface area (Å²) >= 11 is 0. The number of ether oxygens (including phenoxy) is 1. The smallest absolute Gasteiger partial charge is 0.186 e. The first-order valence-corrected chi connectivity index (χ1v) is 12.2. The number of benzene rings is 1. The molecule has 1 aromatic heterocycles. The second-order valence-electron chi connectivity index (χ2n) is 9.22. The average Bonchev–Trinajstić information content (AvgIpc) is 3.05. The number of sulfone groups is 1. The lowest BCUT2D eigenvalue weighted by atomic mass is 10.1. The van der Waals surface area contributed by atoms with E-state index in [2.05, 4.69) is 20.5 Å². The topological polar surface area (TPSA) is 99.7 Å². The molecule has 0 atom stereocenters. The Hall–Kier alpha value is -2.39. The SMILES string of the molecule is Cc1[nH]nc(N2CN=Cc3cc(S(=O)(=O)C(C)(C)C)c(OC4CCNCC4)cc32)c1C. The van der Waals surface area contributed by atoms with E-state index in [1.807, 2.05) is 24.8 Å². The molecule has 2 aliphatic rings. The fourth-order valence-corrected chi connectivity index (χ4v) is 5.15. The molecule has 1 fully saturated rings. The lowest BCUT2D eigenvalue weighted by molar-refractivity contribution is 0.158. The molecule has 0 saturated carbocycles. The molecular formula is C22H31N5O3S. The number of hydrogen-bond donors (Lipinski definition) is 2. The van der Waals surface area contributed by atoms with E-state index in [4.69, 9.17) is 4.74 Å². The quantitative estimate of drug-likeness (QED) is 0.749.